The topological polar surface area (TPSA) is 54.0 Å². The van der Waals surface area contributed by atoms with E-state index in [1.165, 1.54) is 0 Å². The van der Waals surface area contributed by atoms with Crippen LogP contribution in [-0.4, -0.2) is 69.4 Å². The second kappa shape index (κ2) is 7.66. The van der Waals surface area contributed by atoms with Gasteiger partial charge in [-0.2, -0.15) is 0 Å². The van der Waals surface area contributed by atoms with Gasteiger partial charge in [0.1, 0.15) is 11.9 Å². The molecule has 6 heteroatoms. The van der Waals surface area contributed by atoms with Crippen LogP contribution in [0.4, 0.5) is 5.69 Å². The Morgan fingerprint density at radius 2 is 2.09 bits per heavy atom. The first kappa shape index (κ1) is 16.1. The van der Waals surface area contributed by atoms with Crippen molar-refractivity contribution >= 4 is 11.6 Å². The molecule has 0 radical (unpaired) electrons. The number of nitrogens with one attached hydrogen (secondary N) is 1. The van der Waals surface area contributed by atoms with Crippen LogP contribution in [0.5, 0.6) is 5.75 Å². The van der Waals surface area contributed by atoms with Crippen LogP contribution in [0.3, 0.4) is 0 Å². The van der Waals surface area contributed by atoms with Crippen LogP contribution in [0.25, 0.3) is 0 Å². The van der Waals surface area contributed by atoms with Crippen LogP contribution < -0.4 is 15.0 Å². The largest absolute Gasteiger partial charge is 0.492 e. The van der Waals surface area contributed by atoms with Gasteiger partial charge in [-0.3, -0.25) is 4.79 Å². The zero-order valence-corrected chi connectivity index (χ0v) is 13.7. The summed E-state index contributed by atoms with van der Waals surface area (Å²) in [5.41, 5.74) is 1.11. The molecule has 2 aliphatic heterocycles. The van der Waals surface area contributed by atoms with Gasteiger partial charge in [-0.05, 0) is 19.1 Å². The Labute approximate surface area is 137 Å². The van der Waals surface area contributed by atoms with Gasteiger partial charge in [0.15, 0.2) is 0 Å². The molecule has 0 aliphatic carbocycles. The SMILES string of the molecule is CCOc1ccccc1N1CCN(C(=O)[C@@H]2CNCCO2)CC1. The number of morpholine rings is 1. The Hall–Kier alpha value is -1.79. The molecule has 0 saturated carbocycles. The monoisotopic (exact) mass is 319 g/mol. The molecule has 0 aromatic heterocycles. The molecule has 0 unspecified atom stereocenters. The zero-order valence-electron chi connectivity index (χ0n) is 13.7. The van der Waals surface area contributed by atoms with Crippen LogP contribution in [0, 0.1) is 0 Å². The van der Waals surface area contributed by atoms with Gasteiger partial charge in [-0.15, -0.1) is 0 Å². The fourth-order valence-electron chi connectivity index (χ4n) is 3.09. The average Bonchev–Trinajstić information content (AvgIpc) is 2.63. The van der Waals surface area contributed by atoms with Gasteiger partial charge in [0.2, 0.25) is 0 Å². The first-order valence-corrected chi connectivity index (χ1v) is 8.37. The predicted octanol–water partition coefficient (Wildman–Crippen LogP) is 0.722. The van der Waals surface area contributed by atoms with Crippen molar-refractivity contribution in [2.75, 3.05) is 57.4 Å². The highest BCUT2D eigenvalue weighted by Crippen LogP contribution is 2.28. The van der Waals surface area contributed by atoms with Crippen LogP contribution >= 0.6 is 0 Å². The van der Waals surface area contributed by atoms with E-state index in [1.54, 1.807) is 0 Å². The minimum atomic E-state index is -0.328. The molecule has 1 N–H and O–H groups in total. The number of hydrogen-bond acceptors (Lipinski definition) is 5. The fraction of sp³-hybridized carbons (Fsp3) is 0.588. The molecule has 2 fully saturated rings. The number of carbonyl (C=O) groups is 1. The molecule has 3 rings (SSSR count). The lowest BCUT2D eigenvalue weighted by molar-refractivity contribution is -0.145. The molecule has 2 saturated heterocycles. The molecule has 0 spiro atoms. The standard InChI is InChI=1S/C17H25N3O3/c1-2-22-15-6-4-3-5-14(15)19-8-10-20(11-9-19)17(21)16-13-18-7-12-23-16/h3-6,16,18H,2,7-13H2,1H3/t16-/m0/s1. The Morgan fingerprint density at radius 1 is 1.30 bits per heavy atom. The number of benzene rings is 1. The van der Waals surface area contributed by atoms with E-state index in [2.05, 4.69) is 16.3 Å². The van der Waals surface area contributed by atoms with E-state index in [-0.39, 0.29) is 12.0 Å². The first-order valence-electron chi connectivity index (χ1n) is 8.37. The molecule has 126 valence electrons. The molecule has 1 aromatic carbocycles. The number of ether oxygens (including phenoxy) is 2. The third-order valence-corrected chi connectivity index (χ3v) is 4.30. The van der Waals surface area contributed by atoms with E-state index < -0.39 is 0 Å². The lowest BCUT2D eigenvalue weighted by Gasteiger charge is -2.38. The Morgan fingerprint density at radius 3 is 2.78 bits per heavy atom. The van der Waals surface area contributed by atoms with Crippen molar-refractivity contribution in [2.45, 2.75) is 13.0 Å². The predicted molar refractivity (Wildman–Crippen MR) is 89.0 cm³/mol. The molecule has 1 aromatic rings. The third kappa shape index (κ3) is 3.76. The van der Waals surface area contributed by atoms with E-state index in [0.29, 0.717) is 19.8 Å². The van der Waals surface area contributed by atoms with Gasteiger partial charge in [0, 0.05) is 39.3 Å². The molecule has 0 bridgehead atoms. The number of para-hydroxylation sites is 2. The fourth-order valence-corrected chi connectivity index (χ4v) is 3.09. The number of piperazine rings is 1. The normalized spacial score (nSPS) is 22.0. The second-order valence-corrected chi connectivity index (χ2v) is 5.78. The minimum Gasteiger partial charge on any atom is -0.492 e. The quantitative estimate of drug-likeness (QED) is 0.886. The van der Waals surface area contributed by atoms with Crippen LogP contribution in [-0.2, 0) is 9.53 Å². The highest BCUT2D eigenvalue weighted by atomic mass is 16.5. The Balaban J connectivity index is 1.59. The number of carbonyl (C=O) groups excluding carboxylic acids is 1. The summed E-state index contributed by atoms with van der Waals surface area (Å²) in [5.74, 6) is 1.02. The Kier molecular flexibility index (Phi) is 5.35. The number of rotatable bonds is 4. The first-order chi connectivity index (χ1) is 11.3. The molecule has 1 amide bonds. The molecule has 2 aliphatic rings. The molecule has 2 heterocycles. The van der Waals surface area contributed by atoms with Crippen LogP contribution in [0.15, 0.2) is 24.3 Å². The van der Waals surface area contributed by atoms with Gasteiger partial charge in [0.25, 0.3) is 5.91 Å². The van der Waals surface area contributed by atoms with Crippen molar-refractivity contribution < 1.29 is 14.3 Å². The van der Waals surface area contributed by atoms with Gasteiger partial charge in [-0.1, -0.05) is 12.1 Å². The van der Waals surface area contributed by atoms with E-state index in [9.17, 15) is 4.79 Å². The highest BCUT2D eigenvalue weighted by Gasteiger charge is 2.29. The number of anilines is 1. The van der Waals surface area contributed by atoms with E-state index in [4.69, 9.17) is 9.47 Å². The molecular formula is C17H25N3O3. The van der Waals surface area contributed by atoms with Crippen LogP contribution in [0.1, 0.15) is 6.92 Å². The zero-order chi connectivity index (χ0) is 16.1. The smallest absolute Gasteiger partial charge is 0.253 e. The summed E-state index contributed by atoms with van der Waals surface area (Å²) < 4.78 is 11.3. The summed E-state index contributed by atoms with van der Waals surface area (Å²) >= 11 is 0. The van der Waals surface area contributed by atoms with Crippen molar-refractivity contribution in [3.63, 3.8) is 0 Å². The molecule has 23 heavy (non-hydrogen) atoms. The van der Waals surface area contributed by atoms with E-state index >= 15 is 0 Å². The van der Waals surface area contributed by atoms with E-state index in [1.807, 2.05) is 30.0 Å². The van der Waals surface area contributed by atoms with Crippen molar-refractivity contribution in [2.24, 2.45) is 0 Å². The van der Waals surface area contributed by atoms with E-state index in [0.717, 1.165) is 44.2 Å². The average molecular weight is 319 g/mol. The van der Waals surface area contributed by atoms with Gasteiger partial charge in [0.05, 0.1) is 18.9 Å². The number of nitrogens with zero attached hydrogens (tertiary/aromatic N) is 2. The number of amides is 1. The lowest BCUT2D eigenvalue weighted by atomic mass is 10.2. The maximum atomic E-state index is 12.5. The molecular weight excluding hydrogens is 294 g/mol. The van der Waals surface area contributed by atoms with Crippen molar-refractivity contribution in [3.05, 3.63) is 24.3 Å². The number of hydrogen-bond donors (Lipinski definition) is 1. The van der Waals surface area contributed by atoms with Crippen molar-refractivity contribution in [1.29, 1.82) is 0 Å². The lowest BCUT2D eigenvalue weighted by Crippen LogP contribution is -2.55. The summed E-state index contributed by atoms with van der Waals surface area (Å²) in [6, 6.07) is 8.09. The summed E-state index contributed by atoms with van der Waals surface area (Å²) in [6.45, 7) is 7.77. The van der Waals surface area contributed by atoms with Gasteiger partial charge >= 0.3 is 0 Å². The van der Waals surface area contributed by atoms with Crippen molar-refractivity contribution in [3.8, 4) is 5.75 Å². The van der Waals surface area contributed by atoms with Crippen molar-refractivity contribution in [1.82, 2.24) is 10.2 Å². The third-order valence-electron chi connectivity index (χ3n) is 4.30. The molecule has 1 atom stereocenters. The Bertz CT molecular complexity index is 524. The minimum absolute atomic E-state index is 0.106. The summed E-state index contributed by atoms with van der Waals surface area (Å²) in [6.07, 6.45) is -0.328. The van der Waals surface area contributed by atoms with Gasteiger partial charge in [-0.25, -0.2) is 0 Å². The highest BCUT2D eigenvalue weighted by molar-refractivity contribution is 5.81. The maximum absolute atomic E-state index is 12.5. The summed E-state index contributed by atoms with van der Waals surface area (Å²) in [4.78, 5) is 16.7. The second-order valence-electron chi connectivity index (χ2n) is 5.78. The van der Waals surface area contributed by atoms with Crippen LogP contribution in [0.2, 0.25) is 0 Å². The maximum Gasteiger partial charge on any atom is 0.253 e. The summed E-state index contributed by atoms with van der Waals surface area (Å²) in [7, 11) is 0. The molecule has 6 nitrogen and oxygen atoms in total. The summed E-state index contributed by atoms with van der Waals surface area (Å²) in [5, 5.41) is 3.21. The van der Waals surface area contributed by atoms with Gasteiger partial charge < -0.3 is 24.6 Å².